The first-order valence-corrected chi connectivity index (χ1v) is 11.4. The molecule has 0 saturated heterocycles. The summed E-state index contributed by atoms with van der Waals surface area (Å²) in [6, 6.07) is 4.54. The SMILES string of the molecule is CC(C)[Si](OCC(F)(F)Oc1ccc(Br)cc1Cl)(C(C)C)C(C)C. The van der Waals surface area contributed by atoms with Crippen molar-refractivity contribution < 1.29 is 17.9 Å². The summed E-state index contributed by atoms with van der Waals surface area (Å²) < 4.78 is 40.1. The van der Waals surface area contributed by atoms with Gasteiger partial charge in [-0.15, -0.1) is 0 Å². The fraction of sp³-hybridized carbons (Fsp3) is 0.647. The van der Waals surface area contributed by atoms with Crippen molar-refractivity contribution in [1.29, 1.82) is 0 Å². The quantitative estimate of drug-likeness (QED) is 0.393. The molecule has 0 aliphatic carbocycles. The third-order valence-electron chi connectivity index (χ3n) is 4.35. The molecule has 0 atom stereocenters. The summed E-state index contributed by atoms with van der Waals surface area (Å²) in [5, 5.41) is 0.129. The summed E-state index contributed by atoms with van der Waals surface area (Å²) in [5.41, 5.74) is 0.679. The Bertz CT molecular complexity index is 532. The van der Waals surface area contributed by atoms with Crippen molar-refractivity contribution in [2.75, 3.05) is 6.61 Å². The van der Waals surface area contributed by atoms with E-state index in [1.165, 1.54) is 12.1 Å². The monoisotopic (exact) mass is 442 g/mol. The topological polar surface area (TPSA) is 18.5 Å². The Morgan fingerprint density at radius 1 is 1.08 bits per heavy atom. The molecule has 0 aliphatic heterocycles. The summed E-state index contributed by atoms with van der Waals surface area (Å²) >= 11 is 9.19. The number of hydrogen-bond donors (Lipinski definition) is 0. The minimum atomic E-state index is -3.44. The average molecular weight is 444 g/mol. The molecule has 1 rings (SSSR count). The van der Waals surface area contributed by atoms with E-state index < -0.39 is 21.0 Å². The van der Waals surface area contributed by atoms with E-state index >= 15 is 0 Å². The molecule has 0 unspecified atom stereocenters. The molecule has 0 saturated carbocycles. The largest absolute Gasteiger partial charge is 0.429 e. The van der Waals surface area contributed by atoms with E-state index in [1.807, 2.05) is 0 Å². The second-order valence-corrected chi connectivity index (χ2v) is 13.7. The summed E-state index contributed by atoms with van der Waals surface area (Å²) in [6.45, 7) is 11.6. The Morgan fingerprint density at radius 2 is 1.58 bits per heavy atom. The first-order valence-electron chi connectivity index (χ1n) is 8.08. The maximum Gasteiger partial charge on any atom is 0.420 e. The highest BCUT2D eigenvalue weighted by Crippen LogP contribution is 2.43. The highest BCUT2D eigenvalue weighted by Gasteiger charge is 2.48. The highest BCUT2D eigenvalue weighted by atomic mass is 79.9. The summed E-state index contributed by atoms with van der Waals surface area (Å²) in [4.78, 5) is 0. The van der Waals surface area contributed by atoms with Gasteiger partial charge in [0, 0.05) is 4.47 Å². The molecule has 0 heterocycles. The molecule has 0 aliphatic rings. The number of halogens is 4. The Morgan fingerprint density at radius 3 is 2.00 bits per heavy atom. The Balaban J connectivity index is 2.92. The Hall–Kier alpha value is -0.173. The fourth-order valence-corrected chi connectivity index (χ4v) is 9.59. The van der Waals surface area contributed by atoms with Gasteiger partial charge in [0.05, 0.1) is 5.02 Å². The van der Waals surface area contributed by atoms with Gasteiger partial charge in [0.1, 0.15) is 12.4 Å². The molecular weight excluding hydrogens is 418 g/mol. The minimum absolute atomic E-state index is 0.0561. The second-order valence-electron chi connectivity index (χ2n) is 6.92. The Kier molecular flexibility index (Phi) is 7.72. The van der Waals surface area contributed by atoms with Crippen LogP contribution in [0.5, 0.6) is 5.75 Å². The van der Waals surface area contributed by atoms with Crippen LogP contribution in [0.25, 0.3) is 0 Å². The molecule has 7 heteroatoms. The predicted octanol–water partition coefficient (Wildman–Crippen LogP) is 7.27. The molecule has 0 spiro atoms. The lowest BCUT2D eigenvalue weighted by Crippen LogP contribution is -2.50. The fourth-order valence-electron chi connectivity index (χ4n) is 3.46. The molecule has 2 nitrogen and oxygen atoms in total. The van der Waals surface area contributed by atoms with E-state index in [9.17, 15) is 8.78 Å². The summed E-state index contributed by atoms with van der Waals surface area (Å²) in [6.07, 6.45) is -3.44. The van der Waals surface area contributed by atoms with Gasteiger partial charge in [-0.25, -0.2) is 0 Å². The minimum Gasteiger partial charge on any atom is -0.429 e. The van der Waals surface area contributed by atoms with Crippen molar-refractivity contribution in [3.8, 4) is 5.75 Å². The van der Waals surface area contributed by atoms with Crippen molar-refractivity contribution in [2.45, 2.75) is 64.3 Å². The zero-order valence-corrected chi connectivity index (χ0v) is 18.3. The van der Waals surface area contributed by atoms with E-state index in [-0.39, 0.29) is 27.4 Å². The molecular formula is C17H26BrClF2O2Si. The molecule has 0 N–H and O–H groups in total. The third-order valence-corrected chi connectivity index (χ3v) is 11.2. The van der Waals surface area contributed by atoms with Gasteiger partial charge in [0.2, 0.25) is 8.32 Å². The lowest BCUT2D eigenvalue weighted by molar-refractivity contribution is -0.198. The van der Waals surface area contributed by atoms with Gasteiger partial charge in [-0.3, -0.25) is 0 Å². The van der Waals surface area contributed by atoms with Crippen LogP contribution < -0.4 is 4.74 Å². The highest BCUT2D eigenvalue weighted by molar-refractivity contribution is 9.10. The molecule has 0 amide bonds. The van der Waals surface area contributed by atoms with Crippen LogP contribution in [0.3, 0.4) is 0 Å². The third kappa shape index (κ3) is 5.16. The molecule has 138 valence electrons. The van der Waals surface area contributed by atoms with Gasteiger partial charge in [-0.1, -0.05) is 69.1 Å². The molecule has 1 aromatic carbocycles. The van der Waals surface area contributed by atoms with Gasteiger partial charge in [-0.2, -0.15) is 8.78 Å². The van der Waals surface area contributed by atoms with Crippen molar-refractivity contribution >= 4 is 35.8 Å². The van der Waals surface area contributed by atoms with Crippen LogP contribution in [0, 0.1) is 0 Å². The number of rotatable bonds is 8. The first kappa shape index (κ1) is 21.9. The zero-order valence-electron chi connectivity index (χ0n) is 15.0. The standard InChI is InChI=1S/C17H26BrClF2O2Si/c1-11(2)24(12(3)4,13(5)6)22-10-17(20,21)23-16-8-7-14(18)9-15(16)19/h7-9,11-13H,10H2,1-6H3. The van der Waals surface area contributed by atoms with Crippen molar-refractivity contribution in [3.05, 3.63) is 27.7 Å². The van der Waals surface area contributed by atoms with Gasteiger partial charge in [0.25, 0.3) is 0 Å². The average Bonchev–Trinajstić information content (AvgIpc) is 2.41. The molecule has 0 bridgehead atoms. The normalized spacial score (nSPS) is 13.2. The predicted molar refractivity (Wildman–Crippen MR) is 102 cm³/mol. The van der Waals surface area contributed by atoms with E-state index in [0.717, 1.165) is 0 Å². The van der Waals surface area contributed by atoms with Crippen LogP contribution in [-0.2, 0) is 4.43 Å². The number of benzene rings is 1. The van der Waals surface area contributed by atoms with Gasteiger partial charge >= 0.3 is 6.11 Å². The molecule has 24 heavy (non-hydrogen) atoms. The first-order chi connectivity index (χ1) is 10.9. The van der Waals surface area contributed by atoms with Crippen molar-refractivity contribution in [3.63, 3.8) is 0 Å². The molecule has 0 aromatic heterocycles. The lowest BCUT2D eigenvalue weighted by Gasteiger charge is -2.42. The second kappa shape index (κ2) is 8.47. The van der Waals surface area contributed by atoms with Crippen LogP contribution in [0.4, 0.5) is 8.78 Å². The van der Waals surface area contributed by atoms with Gasteiger partial charge in [-0.05, 0) is 34.8 Å². The van der Waals surface area contributed by atoms with Gasteiger partial charge in [0.15, 0.2) is 0 Å². The number of ether oxygens (including phenoxy) is 1. The van der Waals surface area contributed by atoms with Crippen LogP contribution in [0.2, 0.25) is 21.6 Å². The van der Waals surface area contributed by atoms with E-state index in [0.29, 0.717) is 4.47 Å². The van der Waals surface area contributed by atoms with Crippen LogP contribution >= 0.6 is 27.5 Å². The molecule has 1 aromatic rings. The van der Waals surface area contributed by atoms with E-state index in [2.05, 4.69) is 57.5 Å². The smallest absolute Gasteiger partial charge is 0.420 e. The Labute approximate surface area is 158 Å². The van der Waals surface area contributed by atoms with Crippen LogP contribution in [0.15, 0.2) is 22.7 Å². The van der Waals surface area contributed by atoms with E-state index in [4.69, 9.17) is 20.8 Å². The number of hydrogen-bond acceptors (Lipinski definition) is 2. The van der Waals surface area contributed by atoms with E-state index in [1.54, 1.807) is 6.07 Å². The van der Waals surface area contributed by atoms with Crippen LogP contribution in [0.1, 0.15) is 41.5 Å². The van der Waals surface area contributed by atoms with Gasteiger partial charge < -0.3 is 9.16 Å². The van der Waals surface area contributed by atoms with Crippen molar-refractivity contribution in [2.24, 2.45) is 0 Å². The zero-order chi connectivity index (χ0) is 18.7. The van der Waals surface area contributed by atoms with Crippen LogP contribution in [-0.4, -0.2) is 21.0 Å². The van der Waals surface area contributed by atoms with Crippen molar-refractivity contribution in [1.82, 2.24) is 0 Å². The summed E-state index contributed by atoms with van der Waals surface area (Å²) in [7, 11) is -2.38. The number of alkyl halides is 2. The molecule has 0 radical (unpaired) electrons. The lowest BCUT2D eigenvalue weighted by atomic mass is 10.3. The maximum absolute atomic E-state index is 14.3. The maximum atomic E-state index is 14.3. The molecule has 0 fully saturated rings. The summed E-state index contributed by atoms with van der Waals surface area (Å²) in [5.74, 6) is -0.0561.